The van der Waals surface area contributed by atoms with Gasteiger partial charge in [0.25, 0.3) is 0 Å². The van der Waals surface area contributed by atoms with E-state index in [1.54, 1.807) is 0 Å². The molecule has 12 rings (SSSR count). The fourth-order valence-electron chi connectivity index (χ4n) is 10.7. The lowest BCUT2D eigenvalue weighted by molar-refractivity contribution is 0.768. The van der Waals surface area contributed by atoms with Gasteiger partial charge in [0.05, 0.1) is 11.1 Å². The number of anilines is 3. The molecule has 0 amide bonds. The van der Waals surface area contributed by atoms with Crippen molar-refractivity contribution in [2.24, 2.45) is 0 Å². The number of hydrogen-bond donors (Lipinski definition) is 0. The molecule has 11 aromatic rings. The molecule has 0 N–H and O–H groups in total. The maximum absolute atomic E-state index is 2.49. The Hall–Kier alpha value is -8.26. The van der Waals surface area contributed by atoms with E-state index in [9.17, 15) is 0 Å². The molecular weight excluding hydrogens is 771 g/mol. The summed E-state index contributed by atoms with van der Waals surface area (Å²) in [6.45, 7) is 0. The number of hydrogen-bond acceptors (Lipinski definition) is 1. The molecule has 0 radical (unpaired) electrons. The molecule has 1 aliphatic carbocycles. The van der Waals surface area contributed by atoms with Crippen LogP contribution in [0.4, 0.5) is 17.1 Å². The van der Waals surface area contributed by atoms with E-state index < -0.39 is 5.41 Å². The predicted octanol–water partition coefficient (Wildman–Crippen LogP) is 16.8. The van der Waals surface area contributed by atoms with Crippen molar-refractivity contribution in [1.82, 2.24) is 0 Å². The number of rotatable bonds is 8. The van der Waals surface area contributed by atoms with E-state index in [-0.39, 0.29) is 0 Å². The van der Waals surface area contributed by atoms with Gasteiger partial charge in [0.1, 0.15) is 0 Å². The van der Waals surface area contributed by atoms with Gasteiger partial charge in [-0.05, 0) is 113 Å². The Labute approximate surface area is 374 Å². The molecule has 64 heavy (non-hydrogen) atoms. The summed E-state index contributed by atoms with van der Waals surface area (Å²) in [5, 5.41) is 4.93. The number of nitrogens with zero attached hydrogens (tertiary/aromatic N) is 1. The van der Waals surface area contributed by atoms with Gasteiger partial charge in [-0.25, -0.2) is 0 Å². The maximum Gasteiger partial charge on any atom is 0.0713 e. The Bertz CT molecular complexity index is 3430. The Morgan fingerprint density at radius 3 is 1.34 bits per heavy atom. The van der Waals surface area contributed by atoms with Gasteiger partial charge in [-0.15, -0.1) is 0 Å². The zero-order chi connectivity index (χ0) is 42.5. The summed E-state index contributed by atoms with van der Waals surface area (Å²) in [5.74, 6) is 0. The smallest absolute Gasteiger partial charge is 0.0713 e. The molecule has 0 saturated heterocycles. The van der Waals surface area contributed by atoms with Crippen molar-refractivity contribution in [2.45, 2.75) is 5.41 Å². The quantitative estimate of drug-likeness (QED) is 0.138. The Morgan fingerprint density at radius 1 is 0.266 bits per heavy atom. The highest BCUT2D eigenvalue weighted by molar-refractivity contribution is 6.22. The number of para-hydroxylation sites is 1. The van der Waals surface area contributed by atoms with Crippen LogP contribution in [0.25, 0.3) is 66.1 Å². The van der Waals surface area contributed by atoms with Crippen molar-refractivity contribution in [3.8, 4) is 44.5 Å². The maximum atomic E-state index is 2.49. The van der Waals surface area contributed by atoms with E-state index in [0.29, 0.717) is 0 Å². The van der Waals surface area contributed by atoms with Gasteiger partial charge in [-0.1, -0.05) is 231 Å². The molecule has 11 aromatic carbocycles. The Kier molecular flexibility index (Phi) is 9.13. The molecule has 0 bridgehead atoms. The van der Waals surface area contributed by atoms with Crippen LogP contribution in [0, 0.1) is 0 Å². The van der Waals surface area contributed by atoms with E-state index in [4.69, 9.17) is 0 Å². The third-order valence-electron chi connectivity index (χ3n) is 13.3. The summed E-state index contributed by atoms with van der Waals surface area (Å²) in [4.78, 5) is 2.49. The number of benzene rings is 11. The summed E-state index contributed by atoms with van der Waals surface area (Å²) in [6.07, 6.45) is 0. The summed E-state index contributed by atoms with van der Waals surface area (Å²) < 4.78 is 0. The Balaban J connectivity index is 1.17. The average molecular weight is 814 g/mol. The van der Waals surface area contributed by atoms with Crippen LogP contribution < -0.4 is 4.90 Å². The van der Waals surface area contributed by atoms with Crippen LogP contribution in [0.3, 0.4) is 0 Å². The first-order valence-electron chi connectivity index (χ1n) is 22.2. The minimum absolute atomic E-state index is 0.484. The van der Waals surface area contributed by atoms with Crippen molar-refractivity contribution in [2.75, 3.05) is 4.90 Å². The summed E-state index contributed by atoms with van der Waals surface area (Å²) >= 11 is 0. The van der Waals surface area contributed by atoms with Gasteiger partial charge < -0.3 is 4.90 Å². The fraction of sp³-hybridized carbons (Fsp3) is 0.0159. The second-order valence-electron chi connectivity index (χ2n) is 16.7. The summed E-state index contributed by atoms with van der Waals surface area (Å²) in [5.41, 5.74) is 17.6. The SMILES string of the molecule is c1ccc(-c2ccccc2N(c2ccc3c(c2)-c2ccccc2C3(c2ccccc2)c2ccccc2)c2ccc3c(c2)c(-c2ccccc2)c(-c2ccccc2)c2ccccc23)cc1. The standard InChI is InChI=1S/C63H43N/c1-6-22-44(23-7-1)51-32-19-21-37-60(51)64(50-39-41-59-56(42-50)54-34-18-20-36-58(54)63(59,47-28-12-4-13-29-47)48-30-14-5-15-31-48)49-38-40-53-52-33-16-17-35-55(52)61(45-24-8-2-9-25-45)62(57(53)43-49)46-26-10-3-11-27-46/h1-43H. The lowest BCUT2D eigenvalue weighted by Gasteiger charge is -2.34. The van der Waals surface area contributed by atoms with Crippen molar-refractivity contribution >= 4 is 38.6 Å². The topological polar surface area (TPSA) is 3.24 Å². The van der Waals surface area contributed by atoms with E-state index >= 15 is 0 Å². The molecule has 1 aliphatic rings. The van der Waals surface area contributed by atoms with Gasteiger partial charge in [0, 0.05) is 16.9 Å². The molecule has 0 saturated carbocycles. The van der Waals surface area contributed by atoms with E-state index in [0.717, 1.165) is 17.1 Å². The second kappa shape index (κ2) is 15.6. The lowest BCUT2D eigenvalue weighted by atomic mass is 9.68. The minimum Gasteiger partial charge on any atom is -0.310 e. The van der Waals surface area contributed by atoms with Crippen LogP contribution in [0.5, 0.6) is 0 Å². The molecule has 0 spiro atoms. The molecule has 300 valence electrons. The molecule has 0 aromatic heterocycles. The van der Waals surface area contributed by atoms with E-state index in [1.165, 1.54) is 88.3 Å². The first-order chi connectivity index (χ1) is 31.8. The van der Waals surface area contributed by atoms with Crippen LogP contribution in [0.1, 0.15) is 22.3 Å². The van der Waals surface area contributed by atoms with Crippen LogP contribution in [0.2, 0.25) is 0 Å². The highest BCUT2D eigenvalue weighted by Gasteiger charge is 2.46. The second-order valence-corrected chi connectivity index (χ2v) is 16.7. The highest BCUT2D eigenvalue weighted by Crippen LogP contribution is 2.57. The molecule has 0 heterocycles. The lowest BCUT2D eigenvalue weighted by Crippen LogP contribution is -2.28. The van der Waals surface area contributed by atoms with Crippen LogP contribution in [-0.4, -0.2) is 0 Å². The number of fused-ring (bicyclic) bond motifs is 6. The monoisotopic (exact) mass is 813 g/mol. The first-order valence-corrected chi connectivity index (χ1v) is 22.2. The van der Waals surface area contributed by atoms with Gasteiger partial charge >= 0.3 is 0 Å². The van der Waals surface area contributed by atoms with Gasteiger partial charge in [0.15, 0.2) is 0 Å². The summed E-state index contributed by atoms with van der Waals surface area (Å²) in [6, 6.07) is 95.9. The van der Waals surface area contributed by atoms with Gasteiger partial charge in [-0.2, -0.15) is 0 Å². The molecule has 0 aliphatic heterocycles. The molecule has 0 fully saturated rings. The van der Waals surface area contributed by atoms with Crippen molar-refractivity contribution < 1.29 is 0 Å². The molecule has 0 atom stereocenters. The van der Waals surface area contributed by atoms with E-state index in [2.05, 4.69) is 266 Å². The predicted molar refractivity (Wildman–Crippen MR) is 270 cm³/mol. The largest absolute Gasteiger partial charge is 0.310 e. The Morgan fingerprint density at radius 2 is 0.703 bits per heavy atom. The first kappa shape index (κ1) is 37.5. The zero-order valence-corrected chi connectivity index (χ0v) is 35.3. The molecule has 0 unspecified atom stereocenters. The van der Waals surface area contributed by atoms with E-state index in [1.807, 2.05) is 0 Å². The highest BCUT2D eigenvalue weighted by atomic mass is 15.1. The summed E-state index contributed by atoms with van der Waals surface area (Å²) in [7, 11) is 0. The molecule has 1 heteroatoms. The third-order valence-corrected chi connectivity index (χ3v) is 13.3. The van der Waals surface area contributed by atoms with Crippen molar-refractivity contribution in [1.29, 1.82) is 0 Å². The average Bonchev–Trinajstić information content (AvgIpc) is 3.68. The fourth-order valence-corrected chi connectivity index (χ4v) is 10.7. The van der Waals surface area contributed by atoms with Crippen molar-refractivity contribution in [3.05, 3.63) is 283 Å². The van der Waals surface area contributed by atoms with Crippen molar-refractivity contribution in [3.63, 3.8) is 0 Å². The van der Waals surface area contributed by atoms with Crippen LogP contribution >= 0.6 is 0 Å². The van der Waals surface area contributed by atoms with Crippen LogP contribution in [-0.2, 0) is 5.41 Å². The van der Waals surface area contributed by atoms with Gasteiger partial charge in [-0.3, -0.25) is 0 Å². The van der Waals surface area contributed by atoms with Crippen LogP contribution in [0.15, 0.2) is 261 Å². The molecule has 1 nitrogen and oxygen atoms in total. The normalized spacial score (nSPS) is 12.5. The molecular formula is C63H43N. The third kappa shape index (κ3) is 5.93. The minimum atomic E-state index is -0.484. The van der Waals surface area contributed by atoms with Gasteiger partial charge in [0.2, 0.25) is 0 Å². The zero-order valence-electron chi connectivity index (χ0n) is 35.3.